The number of benzene rings is 3. The highest BCUT2D eigenvalue weighted by Gasteiger charge is 2.54. The van der Waals surface area contributed by atoms with E-state index >= 15 is 0 Å². The molecule has 218 valence electrons. The van der Waals surface area contributed by atoms with Gasteiger partial charge in [-0.2, -0.15) is 0 Å². The molecule has 1 heterocycles. The number of carbonyl (C=O) groups excluding carboxylic acids is 1. The Bertz CT molecular complexity index is 1440. The van der Waals surface area contributed by atoms with Gasteiger partial charge in [0, 0.05) is 14.5 Å². The van der Waals surface area contributed by atoms with Crippen LogP contribution in [0.4, 0.5) is 0 Å². The van der Waals surface area contributed by atoms with Crippen molar-refractivity contribution in [2.24, 2.45) is 0 Å². The van der Waals surface area contributed by atoms with E-state index in [0.29, 0.717) is 38.5 Å². The molecule has 0 aliphatic carbocycles. The van der Waals surface area contributed by atoms with Gasteiger partial charge in [-0.3, -0.25) is 0 Å². The minimum atomic E-state index is -1.75. The number of fused-ring (bicyclic) bond motifs is 1. The van der Waals surface area contributed by atoms with Crippen LogP contribution in [0.2, 0.25) is 0 Å². The number of esters is 1. The average Bonchev–Trinajstić information content (AvgIpc) is 3.20. The van der Waals surface area contributed by atoms with Crippen LogP contribution in [0.3, 0.4) is 0 Å². The molecule has 1 aliphatic heterocycles. The van der Waals surface area contributed by atoms with Crippen LogP contribution in [0.5, 0.6) is 11.5 Å². The van der Waals surface area contributed by atoms with Gasteiger partial charge in [0.2, 0.25) is 0 Å². The molecule has 0 aromatic heterocycles. The third-order valence-corrected chi connectivity index (χ3v) is 9.01. The quantitative estimate of drug-likeness (QED) is 0.175. The summed E-state index contributed by atoms with van der Waals surface area (Å²) in [5.74, 6) is -1.92. The lowest BCUT2D eigenvalue weighted by molar-refractivity contribution is 0.0234. The lowest BCUT2D eigenvalue weighted by Crippen LogP contribution is -2.32. The normalized spacial score (nSPS) is 13.8. The number of carbonyl (C=O) groups is 2. The number of carboxylic acid groups (broad SMARTS) is 1. The van der Waals surface area contributed by atoms with Crippen molar-refractivity contribution in [3.8, 4) is 11.5 Å². The van der Waals surface area contributed by atoms with Gasteiger partial charge in [-0.15, -0.1) is 0 Å². The van der Waals surface area contributed by atoms with E-state index in [9.17, 15) is 24.9 Å². The predicted octanol–water partition coefficient (Wildman–Crippen LogP) is 8.59. The molecular formula is C33H36Br2O6. The topological polar surface area (TPSA) is 104 Å². The van der Waals surface area contributed by atoms with E-state index in [2.05, 4.69) is 45.7 Å². The fourth-order valence-electron chi connectivity index (χ4n) is 6.07. The van der Waals surface area contributed by atoms with E-state index in [1.54, 1.807) is 6.07 Å². The van der Waals surface area contributed by atoms with Gasteiger partial charge in [-0.05, 0) is 72.2 Å². The number of phenolic OH excluding ortho intramolecular Hbond substituents is 2. The number of ether oxygens (including phenoxy) is 1. The summed E-state index contributed by atoms with van der Waals surface area (Å²) in [6.07, 6.45) is 6.09. The van der Waals surface area contributed by atoms with E-state index in [1.165, 1.54) is 12.1 Å². The number of phenols is 2. The Morgan fingerprint density at radius 2 is 1.24 bits per heavy atom. The first-order chi connectivity index (χ1) is 19.6. The standard InChI is InChI=1S/C33H36Br2O6/c1-5-9-18-16-25(34)27(29(36)21(18)11-7-3)33(24-14-13-20(31(38)39)15-23(24)32(40)41-33)28-26(35)17-19(10-6-2)22(12-8-4)30(28)37/h13-17,36-37H,5-12H2,1-4H3,(H,38,39). The SMILES string of the molecule is CCCc1cc(Br)c(C2(c3c(Br)cc(CCC)c(CCC)c3O)OC(=O)c3cc(C(=O)O)ccc32)c(O)c1CCC. The van der Waals surface area contributed by atoms with Gasteiger partial charge in [0.25, 0.3) is 0 Å². The Labute approximate surface area is 258 Å². The van der Waals surface area contributed by atoms with Crippen LogP contribution in [0, 0.1) is 0 Å². The number of hydrogen-bond donors (Lipinski definition) is 3. The molecule has 0 bridgehead atoms. The summed E-state index contributed by atoms with van der Waals surface area (Å²) in [7, 11) is 0. The van der Waals surface area contributed by atoms with Crippen molar-refractivity contribution in [2.75, 3.05) is 0 Å². The maximum absolute atomic E-state index is 13.6. The Kier molecular flexibility index (Phi) is 9.54. The Balaban J connectivity index is 2.21. The number of halogens is 2. The van der Waals surface area contributed by atoms with Crippen LogP contribution in [0.25, 0.3) is 0 Å². The zero-order valence-corrected chi connectivity index (χ0v) is 27.0. The van der Waals surface area contributed by atoms with E-state index in [1.807, 2.05) is 26.0 Å². The second kappa shape index (κ2) is 12.6. The van der Waals surface area contributed by atoms with Crippen molar-refractivity contribution < 1.29 is 29.6 Å². The van der Waals surface area contributed by atoms with Crippen molar-refractivity contribution >= 4 is 43.8 Å². The molecule has 1 aliphatic rings. The van der Waals surface area contributed by atoms with E-state index in [-0.39, 0.29) is 22.6 Å². The van der Waals surface area contributed by atoms with Crippen LogP contribution in [0.15, 0.2) is 39.3 Å². The zero-order chi connectivity index (χ0) is 30.1. The van der Waals surface area contributed by atoms with Crippen molar-refractivity contribution in [1.82, 2.24) is 0 Å². The molecule has 0 unspecified atom stereocenters. The van der Waals surface area contributed by atoms with Crippen LogP contribution in [-0.2, 0) is 36.0 Å². The van der Waals surface area contributed by atoms with Gasteiger partial charge in [-0.25, -0.2) is 9.59 Å². The largest absolute Gasteiger partial charge is 0.507 e. The maximum Gasteiger partial charge on any atom is 0.340 e. The van der Waals surface area contributed by atoms with Crippen LogP contribution in [-0.4, -0.2) is 27.3 Å². The minimum Gasteiger partial charge on any atom is -0.507 e. The second-order valence-electron chi connectivity index (χ2n) is 10.6. The minimum absolute atomic E-state index is 0.00591. The first kappa shape index (κ1) is 31.1. The Morgan fingerprint density at radius 3 is 1.66 bits per heavy atom. The molecule has 6 nitrogen and oxygen atoms in total. The molecule has 0 spiro atoms. The molecule has 0 amide bonds. The number of rotatable bonds is 11. The third-order valence-electron chi connectivity index (χ3n) is 7.75. The summed E-state index contributed by atoms with van der Waals surface area (Å²) < 4.78 is 7.36. The monoisotopic (exact) mass is 686 g/mol. The van der Waals surface area contributed by atoms with E-state index in [4.69, 9.17) is 4.74 Å². The highest BCUT2D eigenvalue weighted by molar-refractivity contribution is 9.10. The first-order valence-corrected chi connectivity index (χ1v) is 15.8. The summed E-state index contributed by atoms with van der Waals surface area (Å²) in [5, 5.41) is 33.7. The van der Waals surface area contributed by atoms with Crippen molar-refractivity contribution in [2.45, 2.75) is 84.7 Å². The van der Waals surface area contributed by atoms with E-state index in [0.717, 1.165) is 60.8 Å². The average molecular weight is 688 g/mol. The maximum atomic E-state index is 13.6. The van der Waals surface area contributed by atoms with Gasteiger partial charge in [-0.1, -0.05) is 91.3 Å². The van der Waals surface area contributed by atoms with Crippen molar-refractivity contribution in [3.63, 3.8) is 0 Å². The predicted molar refractivity (Wildman–Crippen MR) is 166 cm³/mol. The molecule has 0 atom stereocenters. The van der Waals surface area contributed by atoms with Gasteiger partial charge in [0.1, 0.15) is 11.5 Å². The van der Waals surface area contributed by atoms with Crippen LogP contribution >= 0.6 is 31.9 Å². The molecule has 8 heteroatoms. The summed E-state index contributed by atoms with van der Waals surface area (Å²) in [6, 6.07) is 8.21. The lowest BCUT2D eigenvalue weighted by atomic mass is 9.76. The Morgan fingerprint density at radius 1 is 0.780 bits per heavy atom. The molecule has 0 radical (unpaired) electrons. The number of carboxylic acids is 1. The molecule has 3 N–H and O–H groups in total. The number of aryl methyl sites for hydroxylation is 2. The van der Waals surface area contributed by atoms with Gasteiger partial charge < -0.3 is 20.1 Å². The van der Waals surface area contributed by atoms with E-state index < -0.39 is 17.5 Å². The van der Waals surface area contributed by atoms with Crippen LogP contribution in [0.1, 0.15) is 113 Å². The molecule has 0 saturated carbocycles. The molecule has 0 saturated heterocycles. The first-order valence-electron chi connectivity index (χ1n) is 14.3. The summed E-state index contributed by atoms with van der Waals surface area (Å²) in [5.41, 5.74) is 2.76. The number of cyclic esters (lactones) is 1. The fourth-order valence-corrected chi connectivity index (χ4v) is 7.55. The molecule has 41 heavy (non-hydrogen) atoms. The molecule has 3 aromatic carbocycles. The summed E-state index contributed by atoms with van der Waals surface area (Å²) >= 11 is 7.40. The van der Waals surface area contributed by atoms with Crippen molar-refractivity contribution in [1.29, 1.82) is 0 Å². The Hall–Kier alpha value is -2.84. The summed E-state index contributed by atoms with van der Waals surface area (Å²) in [4.78, 5) is 25.4. The highest BCUT2D eigenvalue weighted by atomic mass is 79.9. The number of hydrogen-bond acceptors (Lipinski definition) is 5. The highest BCUT2D eigenvalue weighted by Crippen LogP contribution is 2.57. The third kappa shape index (κ3) is 5.29. The fraction of sp³-hybridized carbons (Fsp3) is 0.394. The lowest BCUT2D eigenvalue weighted by Gasteiger charge is -2.35. The molecule has 4 rings (SSSR count). The molecular weight excluding hydrogens is 652 g/mol. The smallest absolute Gasteiger partial charge is 0.340 e. The van der Waals surface area contributed by atoms with Gasteiger partial charge in [0.15, 0.2) is 5.60 Å². The van der Waals surface area contributed by atoms with Crippen LogP contribution < -0.4 is 0 Å². The van der Waals surface area contributed by atoms with Crippen molar-refractivity contribution in [3.05, 3.63) is 89.3 Å². The van der Waals surface area contributed by atoms with Gasteiger partial charge in [0.05, 0.1) is 22.3 Å². The molecule has 3 aromatic rings. The molecule has 0 fully saturated rings. The second-order valence-corrected chi connectivity index (χ2v) is 12.3. The zero-order valence-electron chi connectivity index (χ0n) is 23.9. The number of aromatic carboxylic acids is 1. The summed E-state index contributed by atoms with van der Waals surface area (Å²) in [6.45, 7) is 8.23. The van der Waals surface area contributed by atoms with Gasteiger partial charge >= 0.3 is 11.9 Å². The number of aromatic hydroxyl groups is 2.